The monoisotopic (exact) mass is 476 g/mol. The average Bonchev–Trinajstić information content (AvgIpc) is 3.43. The Morgan fingerprint density at radius 1 is 0.912 bits per heavy atom. The molecule has 172 valence electrons. The fraction of sp³-hybridized carbons (Fsp3) is 0.200. The van der Waals surface area contributed by atoms with E-state index in [0.717, 1.165) is 21.4 Å². The first-order valence-corrected chi connectivity index (χ1v) is 11.7. The number of fused-ring (bicyclic) bond motifs is 1. The van der Waals surface area contributed by atoms with E-state index in [1.54, 1.807) is 36.7 Å². The first-order valence-electron chi connectivity index (χ1n) is 10.8. The van der Waals surface area contributed by atoms with E-state index in [1.807, 2.05) is 29.7 Å². The van der Waals surface area contributed by atoms with Gasteiger partial charge in [0, 0.05) is 18.0 Å². The molecule has 5 aromatic rings. The number of pyridine rings is 1. The topological polar surface area (TPSA) is 61.4 Å². The van der Waals surface area contributed by atoms with E-state index in [9.17, 15) is 8.78 Å². The summed E-state index contributed by atoms with van der Waals surface area (Å²) >= 11 is 1.35. The Balaban J connectivity index is 1.61. The standard InChI is InChI=1S/C25H22F2N6S/c1-15-8-9-19(14-16(15)2)32-23(18-10-12-28-13-11-18)30-31-25(32)34-17(3)22-29-20-6-4-5-7-21(20)33(22)24(26)27/h4-14,17,24H,1-3H3. The number of hydrogen-bond acceptors (Lipinski definition) is 5. The summed E-state index contributed by atoms with van der Waals surface area (Å²) in [6.45, 7) is 3.27. The van der Waals surface area contributed by atoms with Crippen LogP contribution in [0.1, 0.15) is 35.7 Å². The van der Waals surface area contributed by atoms with E-state index in [1.165, 1.54) is 17.3 Å². The number of aryl methyl sites for hydroxylation is 2. The molecule has 6 nitrogen and oxygen atoms in total. The zero-order valence-corrected chi connectivity index (χ0v) is 19.7. The van der Waals surface area contributed by atoms with Crippen LogP contribution in [0.5, 0.6) is 0 Å². The summed E-state index contributed by atoms with van der Waals surface area (Å²) in [6, 6.07) is 16.8. The highest BCUT2D eigenvalue weighted by molar-refractivity contribution is 7.99. The summed E-state index contributed by atoms with van der Waals surface area (Å²) in [7, 11) is 0. The number of para-hydroxylation sites is 2. The van der Waals surface area contributed by atoms with Gasteiger partial charge in [0.2, 0.25) is 0 Å². The number of aromatic nitrogens is 6. The first kappa shape index (κ1) is 22.2. The van der Waals surface area contributed by atoms with Crippen LogP contribution in [-0.4, -0.2) is 29.3 Å². The molecule has 3 aromatic heterocycles. The third kappa shape index (κ3) is 3.96. The van der Waals surface area contributed by atoms with Crippen molar-refractivity contribution in [2.24, 2.45) is 0 Å². The van der Waals surface area contributed by atoms with Crippen LogP contribution in [0.15, 0.2) is 72.1 Å². The number of nitrogens with zero attached hydrogens (tertiary/aromatic N) is 6. The molecular formula is C25H22F2N6S. The van der Waals surface area contributed by atoms with Gasteiger partial charge in [0.05, 0.1) is 22.0 Å². The highest BCUT2D eigenvalue weighted by atomic mass is 32.2. The second kappa shape index (κ2) is 8.98. The van der Waals surface area contributed by atoms with E-state index in [-0.39, 0.29) is 0 Å². The van der Waals surface area contributed by atoms with E-state index in [0.29, 0.717) is 27.8 Å². The van der Waals surface area contributed by atoms with Gasteiger partial charge in [-0.1, -0.05) is 30.0 Å². The zero-order chi connectivity index (χ0) is 23.8. The summed E-state index contributed by atoms with van der Waals surface area (Å²) in [4.78, 5) is 8.62. The third-order valence-corrected chi connectivity index (χ3v) is 6.82. The van der Waals surface area contributed by atoms with E-state index >= 15 is 0 Å². The third-order valence-electron chi connectivity index (χ3n) is 5.78. The molecule has 5 rings (SSSR count). The molecule has 9 heteroatoms. The normalized spacial score (nSPS) is 12.5. The number of halogens is 2. The maximum atomic E-state index is 14.0. The van der Waals surface area contributed by atoms with Crippen LogP contribution in [0.4, 0.5) is 8.78 Å². The SMILES string of the molecule is Cc1ccc(-n2c(SC(C)c3nc4ccccc4n3C(F)F)nnc2-c2ccncc2)cc1C. The number of rotatable bonds is 6. The summed E-state index contributed by atoms with van der Waals surface area (Å²) in [5.41, 5.74) is 5.02. The molecule has 0 radical (unpaired) electrons. The van der Waals surface area contributed by atoms with Crippen LogP contribution < -0.4 is 0 Å². The van der Waals surface area contributed by atoms with Crippen LogP contribution in [0.3, 0.4) is 0 Å². The lowest BCUT2D eigenvalue weighted by Crippen LogP contribution is -2.07. The Hall–Kier alpha value is -3.59. The second-order valence-corrected chi connectivity index (χ2v) is 9.32. The predicted molar refractivity (Wildman–Crippen MR) is 129 cm³/mol. The van der Waals surface area contributed by atoms with Gasteiger partial charge in [-0.15, -0.1) is 10.2 Å². The fourth-order valence-electron chi connectivity index (χ4n) is 3.90. The molecule has 0 fully saturated rings. The minimum Gasteiger partial charge on any atom is -0.270 e. The van der Waals surface area contributed by atoms with Gasteiger partial charge in [0.15, 0.2) is 11.0 Å². The van der Waals surface area contributed by atoms with Crippen LogP contribution >= 0.6 is 11.8 Å². The molecular weight excluding hydrogens is 454 g/mol. The lowest BCUT2D eigenvalue weighted by molar-refractivity contribution is 0.0715. The van der Waals surface area contributed by atoms with Gasteiger partial charge < -0.3 is 0 Å². The van der Waals surface area contributed by atoms with Crippen molar-refractivity contribution in [1.29, 1.82) is 0 Å². The zero-order valence-electron chi connectivity index (χ0n) is 18.9. The minimum absolute atomic E-state index is 0.293. The molecule has 3 heterocycles. The Morgan fingerprint density at radius 3 is 2.41 bits per heavy atom. The Morgan fingerprint density at radius 2 is 1.68 bits per heavy atom. The molecule has 0 bridgehead atoms. The van der Waals surface area contributed by atoms with Gasteiger partial charge in [-0.05, 0) is 68.3 Å². The summed E-state index contributed by atoms with van der Waals surface area (Å²) in [5, 5.41) is 9.09. The Kier molecular flexibility index (Phi) is 5.87. The van der Waals surface area contributed by atoms with Crippen LogP contribution in [0.25, 0.3) is 28.1 Å². The predicted octanol–water partition coefficient (Wildman–Crippen LogP) is 6.54. The van der Waals surface area contributed by atoms with Crippen LogP contribution in [0.2, 0.25) is 0 Å². The molecule has 0 aliphatic rings. The smallest absolute Gasteiger partial charge is 0.270 e. The van der Waals surface area contributed by atoms with E-state index < -0.39 is 11.8 Å². The molecule has 0 saturated heterocycles. The van der Waals surface area contributed by atoms with Crippen molar-refractivity contribution in [3.63, 3.8) is 0 Å². The summed E-state index contributed by atoms with van der Waals surface area (Å²) in [6.07, 6.45) is 3.41. The fourth-order valence-corrected chi connectivity index (χ4v) is 4.87. The largest absolute Gasteiger partial charge is 0.320 e. The highest BCUT2D eigenvalue weighted by Crippen LogP contribution is 2.39. The number of benzene rings is 2. The van der Waals surface area contributed by atoms with E-state index in [2.05, 4.69) is 46.1 Å². The summed E-state index contributed by atoms with van der Waals surface area (Å²) < 4.78 is 31.0. The molecule has 0 saturated carbocycles. The molecule has 0 amide bonds. The van der Waals surface area contributed by atoms with Gasteiger partial charge in [-0.2, -0.15) is 8.78 Å². The van der Waals surface area contributed by atoms with Crippen molar-refractivity contribution < 1.29 is 8.78 Å². The van der Waals surface area contributed by atoms with Crippen molar-refractivity contribution >= 4 is 22.8 Å². The number of thioether (sulfide) groups is 1. The first-order chi connectivity index (χ1) is 16.4. The molecule has 1 unspecified atom stereocenters. The minimum atomic E-state index is -2.70. The molecule has 0 aliphatic carbocycles. The lowest BCUT2D eigenvalue weighted by atomic mass is 10.1. The second-order valence-electron chi connectivity index (χ2n) is 8.01. The highest BCUT2D eigenvalue weighted by Gasteiger charge is 2.25. The molecule has 0 N–H and O–H groups in total. The number of imidazole rings is 1. The number of alkyl halides is 2. The average molecular weight is 477 g/mol. The van der Waals surface area contributed by atoms with Gasteiger partial charge in [0.25, 0.3) is 0 Å². The molecule has 0 aliphatic heterocycles. The summed E-state index contributed by atoms with van der Waals surface area (Å²) in [5.74, 6) is 0.948. The van der Waals surface area contributed by atoms with Crippen molar-refractivity contribution in [3.8, 4) is 17.1 Å². The quantitative estimate of drug-likeness (QED) is 0.260. The molecule has 2 aromatic carbocycles. The van der Waals surface area contributed by atoms with Crippen molar-refractivity contribution in [1.82, 2.24) is 29.3 Å². The lowest BCUT2D eigenvalue weighted by Gasteiger charge is -2.16. The molecule has 1 atom stereocenters. The molecule has 0 spiro atoms. The van der Waals surface area contributed by atoms with Crippen LogP contribution in [-0.2, 0) is 0 Å². The van der Waals surface area contributed by atoms with Crippen molar-refractivity contribution in [2.45, 2.75) is 37.7 Å². The number of hydrogen-bond donors (Lipinski definition) is 0. The Bertz CT molecular complexity index is 1460. The maximum Gasteiger partial charge on any atom is 0.320 e. The van der Waals surface area contributed by atoms with Gasteiger partial charge in [0.1, 0.15) is 5.82 Å². The molecule has 34 heavy (non-hydrogen) atoms. The van der Waals surface area contributed by atoms with Crippen LogP contribution in [0, 0.1) is 13.8 Å². The van der Waals surface area contributed by atoms with Gasteiger partial charge >= 0.3 is 6.55 Å². The van der Waals surface area contributed by atoms with Crippen molar-refractivity contribution in [2.75, 3.05) is 0 Å². The van der Waals surface area contributed by atoms with Crippen molar-refractivity contribution in [3.05, 3.63) is 83.9 Å². The Labute approximate surface area is 199 Å². The van der Waals surface area contributed by atoms with Gasteiger partial charge in [-0.3, -0.25) is 14.1 Å². The van der Waals surface area contributed by atoms with E-state index in [4.69, 9.17) is 0 Å². The maximum absolute atomic E-state index is 14.0. The van der Waals surface area contributed by atoms with Gasteiger partial charge in [-0.25, -0.2) is 4.98 Å².